The average molecular weight is 256 g/mol. The molecule has 0 amide bonds. The zero-order valence-electron chi connectivity index (χ0n) is 10.8. The Kier molecular flexibility index (Phi) is 4.56. The molecule has 2 rings (SSSR count). The van der Waals surface area contributed by atoms with E-state index < -0.39 is 0 Å². The van der Waals surface area contributed by atoms with Crippen LogP contribution < -0.4 is 9.47 Å². The maximum atomic E-state index is 10.7. The Labute approximate surface area is 112 Å². The lowest BCUT2D eigenvalue weighted by Gasteiger charge is -2.08. The lowest BCUT2D eigenvalue weighted by molar-refractivity contribution is 0.112. The summed E-state index contributed by atoms with van der Waals surface area (Å²) in [5.74, 6) is 1.55. The third-order valence-corrected chi connectivity index (χ3v) is 2.63. The Morgan fingerprint density at radius 2 is 1.79 bits per heavy atom. The van der Waals surface area contributed by atoms with Gasteiger partial charge in [0.05, 0.1) is 6.61 Å². The van der Waals surface area contributed by atoms with Gasteiger partial charge in [0.25, 0.3) is 0 Å². The minimum absolute atomic E-state index is 0.467. The summed E-state index contributed by atoms with van der Waals surface area (Å²) in [6.45, 7) is 3.08. The third-order valence-electron chi connectivity index (χ3n) is 2.63. The van der Waals surface area contributed by atoms with Crippen LogP contribution in [0.2, 0.25) is 0 Å². The van der Waals surface area contributed by atoms with Crippen LogP contribution in [0.15, 0.2) is 48.5 Å². The van der Waals surface area contributed by atoms with E-state index in [1.807, 2.05) is 37.3 Å². The second-order valence-electron chi connectivity index (χ2n) is 4.06. The molecule has 0 aromatic heterocycles. The highest BCUT2D eigenvalue weighted by Gasteiger charge is 1.98. The standard InChI is InChI=1S/C16H16O3/c1-2-18-15-8-6-13(7-9-15)12-19-16-5-3-4-14(10-16)11-17/h3-11H,2,12H2,1H3. The number of rotatable bonds is 6. The molecule has 2 aromatic rings. The second kappa shape index (κ2) is 6.59. The molecular weight excluding hydrogens is 240 g/mol. The summed E-state index contributed by atoms with van der Waals surface area (Å²) in [5, 5.41) is 0. The summed E-state index contributed by atoms with van der Waals surface area (Å²) in [6, 6.07) is 14.9. The van der Waals surface area contributed by atoms with Gasteiger partial charge in [0, 0.05) is 5.56 Å². The molecule has 0 heterocycles. The fourth-order valence-corrected chi connectivity index (χ4v) is 1.69. The van der Waals surface area contributed by atoms with Gasteiger partial charge >= 0.3 is 0 Å². The third kappa shape index (κ3) is 3.85. The number of hydrogen-bond donors (Lipinski definition) is 0. The molecular formula is C16H16O3. The van der Waals surface area contributed by atoms with Gasteiger partial charge in [-0.25, -0.2) is 0 Å². The van der Waals surface area contributed by atoms with Crippen molar-refractivity contribution >= 4 is 6.29 Å². The number of ether oxygens (including phenoxy) is 2. The summed E-state index contributed by atoms with van der Waals surface area (Å²) < 4.78 is 11.0. The molecule has 0 unspecified atom stereocenters. The molecule has 0 aliphatic carbocycles. The van der Waals surface area contributed by atoms with Crippen molar-refractivity contribution in [2.24, 2.45) is 0 Å². The molecule has 0 aliphatic heterocycles. The highest BCUT2D eigenvalue weighted by Crippen LogP contribution is 2.16. The molecule has 3 nitrogen and oxygen atoms in total. The van der Waals surface area contributed by atoms with Gasteiger partial charge in [0.2, 0.25) is 0 Å². The van der Waals surface area contributed by atoms with Crippen molar-refractivity contribution in [3.05, 3.63) is 59.7 Å². The second-order valence-corrected chi connectivity index (χ2v) is 4.06. The predicted molar refractivity (Wildman–Crippen MR) is 73.8 cm³/mol. The molecule has 0 atom stereocenters. The topological polar surface area (TPSA) is 35.5 Å². The predicted octanol–water partition coefficient (Wildman–Crippen LogP) is 3.48. The molecule has 19 heavy (non-hydrogen) atoms. The Balaban J connectivity index is 1.95. The number of aldehydes is 1. The number of hydrogen-bond acceptors (Lipinski definition) is 3. The van der Waals surface area contributed by atoms with E-state index in [1.54, 1.807) is 18.2 Å². The smallest absolute Gasteiger partial charge is 0.150 e. The van der Waals surface area contributed by atoms with Crippen molar-refractivity contribution in [1.82, 2.24) is 0 Å². The van der Waals surface area contributed by atoms with Crippen LogP contribution in [0, 0.1) is 0 Å². The van der Waals surface area contributed by atoms with Crippen molar-refractivity contribution in [2.45, 2.75) is 13.5 Å². The van der Waals surface area contributed by atoms with Crippen molar-refractivity contribution in [2.75, 3.05) is 6.61 Å². The summed E-state index contributed by atoms with van der Waals surface area (Å²) in [4.78, 5) is 10.7. The number of carbonyl (C=O) groups is 1. The molecule has 0 spiro atoms. The van der Waals surface area contributed by atoms with Gasteiger partial charge in [-0.15, -0.1) is 0 Å². The van der Waals surface area contributed by atoms with Crippen LogP contribution >= 0.6 is 0 Å². The van der Waals surface area contributed by atoms with Gasteiger partial charge in [-0.1, -0.05) is 24.3 Å². The SMILES string of the molecule is CCOc1ccc(COc2cccc(C=O)c2)cc1. The highest BCUT2D eigenvalue weighted by molar-refractivity contribution is 5.75. The highest BCUT2D eigenvalue weighted by atomic mass is 16.5. The van der Waals surface area contributed by atoms with E-state index >= 15 is 0 Å². The molecule has 0 radical (unpaired) electrons. The van der Waals surface area contributed by atoms with Gasteiger partial charge in [0.1, 0.15) is 24.4 Å². The first-order valence-corrected chi connectivity index (χ1v) is 6.21. The molecule has 0 fully saturated rings. The monoisotopic (exact) mass is 256 g/mol. The van der Waals surface area contributed by atoms with E-state index in [4.69, 9.17) is 9.47 Å². The van der Waals surface area contributed by atoms with Crippen LogP contribution in [0.3, 0.4) is 0 Å². The molecule has 0 N–H and O–H groups in total. The minimum Gasteiger partial charge on any atom is -0.494 e. The zero-order chi connectivity index (χ0) is 13.5. The van der Waals surface area contributed by atoms with Crippen LogP contribution in [0.1, 0.15) is 22.8 Å². The molecule has 2 aromatic carbocycles. The number of benzene rings is 2. The lowest BCUT2D eigenvalue weighted by Crippen LogP contribution is -1.96. The largest absolute Gasteiger partial charge is 0.494 e. The Hall–Kier alpha value is -2.29. The first-order chi connectivity index (χ1) is 9.31. The fraction of sp³-hybridized carbons (Fsp3) is 0.188. The van der Waals surface area contributed by atoms with E-state index in [-0.39, 0.29) is 0 Å². The first kappa shape index (κ1) is 13.1. The van der Waals surface area contributed by atoms with Crippen LogP contribution in [-0.2, 0) is 6.61 Å². The summed E-state index contributed by atoms with van der Waals surface area (Å²) in [6.07, 6.45) is 0.809. The molecule has 0 bridgehead atoms. The molecule has 98 valence electrons. The minimum atomic E-state index is 0.467. The fourth-order valence-electron chi connectivity index (χ4n) is 1.69. The van der Waals surface area contributed by atoms with E-state index in [9.17, 15) is 4.79 Å². The first-order valence-electron chi connectivity index (χ1n) is 6.21. The Bertz CT molecular complexity index is 532. The quantitative estimate of drug-likeness (QED) is 0.742. The maximum Gasteiger partial charge on any atom is 0.150 e. The van der Waals surface area contributed by atoms with E-state index in [1.165, 1.54) is 0 Å². The van der Waals surface area contributed by atoms with Gasteiger partial charge < -0.3 is 9.47 Å². The number of carbonyl (C=O) groups excluding carboxylic acids is 1. The molecule has 0 saturated carbocycles. The van der Waals surface area contributed by atoms with Gasteiger partial charge in [0.15, 0.2) is 0 Å². The molecule has 3 heteroatoms. The summed E-state index contributed by atoms with van der Waals surface area (Å²) in [5.41, 5.74) is 1.67. The summed E-state index contributed by atoms with van der Waals surface area (Å²) >= 11 is 0. The Morgan fingerprint density at radius 3 is 2.47 bits per heavy atom. The normalized spacial score (nSPS) is 9.95. The average Bonchev–Trinajstić information content (AvgIpc) is 2.47. The van der Waals surface area contributed by atoms with Crippen LogP contribution in [-0.4, -0.2) is 12.9 Å². The van der Waals surface area contributed by atoms with Gasteiger partial charge in [-0.3, -0.25) is 4.79 Å². The van der Waals surface area contributed by atoms with E-state index in [2.05, 4.69) is 0 Å². The molecule has 0 saturated heterocycles. The van der Waals surface area contributed by atoms with Crippen molar-refractivity contribution < 1.29 is 14.3 Å². The molecule has 0 aliphatic rings. The lowest BCUT2D eigenvalue weighted by atomic mass is 10.2. The van der Waals surface area contributed by atoms with Gasteiger partial charge in [-0.05, 0) is 36.8 Å². The van der Waals surface area contributed by atoms with Crippen molar-refractivity contribution in [1.29, 1.82) is 0 Å². The van der Waals surface area contributed by atoms with E-state index in [0.29, 0.717) is 24.5 Å². The van der Waals surface area contributed by atoms with Crippen molar-refractivity contribution in [3.63, 3.8) is 0 Å². The Morgan fingerprint density at radius 1 is 1.00 bits per heavy atom. The van der Waals surface area contributed by atoms with Crippen LogP contribution in [0.4, 0.5) is 0 Å². The summed E-state index contributed by atoms with van der Waals surface area (Å²) in [7, 11) is 0. The van der Waals surface area contributed by atoms with E-state index in [0.717, 1.165) is 17.6 Å². The van der Waals surface area contributed by atoms with Gasteiger partial charge in [-0.2, -0.15) is 0 Å². The maximum absolute atomic E-state index is 10.7. The zero-order valence-corrected chi connectivity index (χ0v) is 10.8. The van der Waals surface area contributed by atoms with Crippen LogP contribution in [0.25, 0.3) is 0 Å². The van der Waals surface area contributed by atoms with Crippen molar-refractivity contribution in [3.8, 4) is 11.5 Å². The van der Waals surface area contributed by atoms with Crippen LogP contribution in [0.5, 0.6) is 11.5 Å².